The summed E-state index contributed by atoms with van der Waals surface area (Å²) in [6.45, 7) is 0. The second-order valence-corrected chi connectivity index (χ2v) is 5.18. The van der Waals surface area contributed by atoms with Crippen LogP contribution >= 0.6 is 34.8 Å². The van der Waals surface area contributed by atoms with Gasteiger partial charge in [-0.05, 0) is 18.2 Å². The maximum Gasteiger partial charge on any atom is 0.307 e. The maximum absolute atomic E-state index is 13.5. The third-order valence-electron chi connectivity index (χ3n) is 2.56. The highest BCUT2D eigenvalue weighted by molar-refractivity contribution is 6.48. The number of pyridine rings is 1. The van der Waals surface area contributed by atoms with Crippen molar-refractivity contribution in [1.82, 2.24) is 4.98 Å². The van der Waals surface area contributed by atoms with Crippen LogP contribution in [0.1, 0.15) is 5.56 Å². The first-order valence-corrected chi connectivity index (χ1v) is 6.53. The zero-order chi connectivity index (χ0) is 14.9. The molecule has 0 bridgehead atoms. The van der Waals surface area contributed by atoms with Crippen LogP contribution in [-0.2, 0) is 11.2 Å². The van der Waals surface area contributed by atoms with Crippen molar-refractivity contribution in [3.63, 3.8) is 0 Å². The Bertz CT molecular complexity index is 668. The molecular weight excluding hydrogens is 328 g/mol. The average molecular weight is 335 g/mol. The van der Waals surface area contributed by atoms with E-state index in [0.29, 0.717) is 11.3 Å². The summed E-state index contributed by atoms with van der Waals surface area (Å²) in [5.41, 5.74) is 0.920. The van der Waals surface area contributed by atoms with E-state index in [1.165, 1.54) is 18.2 Å². The highest BCUT2D eigenvalue weighted by Crippen LogP contribution is 2.34. The Kier molecular flexibility index (Phi) is 4.48. The monoisotopic (exact) mass is 333 g/mol. The summed E-state index contributed by atoms with van der Waals surface area (Å²) in [4.78, 5) is 14.6. The molecule has 1 heterocycles. The third kappa shape index (κ3) is 3.20. The van der Waals surface area contributed by atoms with Crippen molar-refractivity contribution < 1.29 is 14.3 Å². The minimum atomic E-state index is -1.13. The fourth-order valence-corrected chi connectivity index (χ4v) is 2.24. The number of carbonyl (C=O) groups is 1. The van der Waals surface area contributed by atoms with Crippen LogP contribution in [-0.4, -0.2) is 16.1 Å². The number of halogens is 4. The van der Waals surface area contributed by atoms with Crippen LogP contribution < -0.4 is 0 Å². The van der Waals surface area contributed by atoms with Gasteiger partial charge in [0.1, 0.15) is 5.82 Å². The van der Waals surface area contributed by atoms with Crippen molar-refractivity contribution in [3.05, 3.63) is 50.8 Å². The first kappa shape index (κ1) is 15.0. The molecule has 0 aliphatic rings. The zero-order valence-corrected chi connectivity index (χ0v) is 12.1. The van der Waals surface area contributed by atoms with E-state index in [-0.39, 0.29) is 20.6 Å². The fourth-order valence-electron chi connectivity index (χ4n) is 1.64. The number of aromatic nitrogens is 1. The van der Waals surface area contributed by atoms with Gasteiger partial charge in [-0.2, -0.15) is 0 Å². The second kappa shape index (κ2) is 5.95. The Morgan fingerprint density at radius 2 is 1.80 bits per heavy atom. The fraction of sp³-hybridized carbons (Fsp3) is 0.0769. The van der Waals surface area contributed by atoms with Crippen LogP contribution in [0.3, 0.4) is 0 Å². The SMILES string of the molecule is O=C(O)Cc1cc(-c2cc(Cl)c(Cl)c(Cl)c2)ncc1F. The number of benzene rings is 1. The van der Waals surface area contributed by atoms with E-state index in [2.05, 4.69) is 4.98 Å². The number of hydrogen-bond acceptors (Lipinski definition) is 2. The van der Waals surface area contributed by atoms with Gasteiger partial charge in [-0.1, -0.05) is 34.8 Å². The number of carboxylic acid groups (broad SMARTS) is 1. The van der Waals surface area contributed by atoms with Gasteiger partial charge >= 0.3 is 5.97 Å². The molecule has 0 amide bonds. The molecule has 0 aliphatic carbocycles. The molecule has 2 rings (SSSR count). The predicted octanol–water partition coefficient (Wildman–Crippen LogP) is 4.48. The van der Waals surface area contributed by atoms with Crippen molar-refractivity contribution in [2.24, 2.45) is 0 Å². The van der Waals surface area contributed by atoms with E-state index < -0.39 is 18.2 Å². The minimum Gasteiger partial charge on any atom is -0.481 e. The first-order valence-electron chi connectivity index (χ1n) is 5.39. The van der Waals surface area contributed by atoms with Crippen LogP contribution in [0.25, 0.3) is 11.3 Å². The average Bonchev–Trinajstić information content (AvgIpc) is 2.37. The van der Waals surface area contributed by atoms with Crippen molar-refractivity contribution in [1.29, 1.82) is 0 Å². The highest BCUT2D eigenvalue weighted by atomic mass is 35.5. The van der Waals surface area contributed by atoms with Gasteiger partial charge in [-0.3, -0.25) is 9.78 Å². The summed E-state index contributed by atoms with van der Waals surface area (Å²) >= 11 is 17.7. The Balaban J connectivity index is 2.50. The number of hydrogen-bond donors (Lipinski definition) is 1. The number of rotatable bonds is 3. The van der Waals surface area contributed by atoms with E-state index in [1.54, 1.807) is 0 Å². The molecule has 1 aromatic carbocycles. The molecule has 3 nitrogen and oxygen atoms in total. The molecule has 1 aromatic heterocycles. The molecule has 0 atom stereocenters. The van der Waals surface area contributed by atoms with E-state index in [0.717, 1.165) is 6.20 Å². The quantitative estimate of drug-likeness (QED) is 0.842. The molecule has 0 unspecified atom stereocenters. The topological polar surface area (TPSA) is 50.2 Å². The lowest BCUT2D eigenvalue weighted by Gasteiger charge is -2.07. The molecular formula is C13H7Cl3FNO2. The van der Waals surface area contributed by atoms with Gasteiger partial charge in [0.25, 0.3) is 0 Å². The van der Waals surface area contributed by atoms with E-state index in [9.17, 15) is 9.18 Å². The summed E-state index contributed by atoms with van der Waals surface area (Å²) in [6.07, 6.45) is 0.528. The Morgan fingerprint density at radius 1 is 1.20 bits per heavy atom. The molecule has 104 valence electrons. The van der Waals surface area contributed by atoms with E-state index >= 15 is 0 Å². The summed E-state index contributed by atoms with van der Waals surface area (Å²) < 4.78 is 13.5. The van der Waals surface area contributed by atoms with Crippen LogP contribution in [0.15, 0.2) is 24.4 Å². The molecule has 0 saturated carbocycles. The maximum atomic E-state index is 13.5. The summed E-state index contributed by atoms with van der Waals surface area (Å²) in [5.74, 6) is -1.81. The van der Waals surface area contributed by atoms with Crippen LogP contribution in [0, 0.1) is 5.82 Å². The van der Waals surface area contributed by atoms with Crippen LogP contribution in [0.2, 0.25) is 15.1 Å². The number of carboxylic acids is 1. The van der Waals surface area contributed by atoms with E-state index in [1.807, 2.05) is 0 Å². The van der Waals surface area contributed by atoms with Crippen LogP contribution in [0.5, 0.6) is 0 Å². The molecule has 0 fully saturated rings. The molecule has 0 spiro atoms. The lowest BCUT2D eigenvalue weighted by atomic mass is 10.1. The standard InChI is InChI=1S/C13H7Cl3FNO2/c14-8-1-7(2-9(15)13(8)16)11-3-6(4-12(19)20)10(17)5-18-11/h1-3,5H,4H2,(H,19,20). The van der Waals surface area contributed by atoms with Gasteiger partial charge in [0.15, 0.2) is 0 Å². The zero-order valence-electron chi connectivity index (χ0n) is 9.83. The first-order chi connectivity index (χ1) is 9.38. The van der Waals surface area contributed by atoms with Gasteiger partial charge in [0.05, 0.1) is 33.4 Å². The van der Waals surface area contributed by atoms with E-state index in [4.69, 9.17) is 39.9 Å². The molecule has 2 aromatic rings. The normalized spacial score (nSPS) is 10.6. The molecule has 1 N–H and O–H groups in total. The summed E-state index contributed by atoms with van der Waals surface area (Å²) in [6, 6.07) is 4.40. The molecule has 0 saturated heterocycles. The van der Waals surface area contributed by atoms with Crippen molar-refractivity contribution in [2.45, 2.75) is 6.42 Å². The van der Waals surface area contributed by atoms with Crippen molar-refractivity contribution in [2.75, 3.05) is 0 Å². The molecule has 0 radical (unpaired) electrons. The van der Waals surface area contributed by atoms with Crippen molar-refractivity contribution in [3.8, 4) is 11.3 Å². The largest absolute Gasteiger partial charge is 0.481 e. The Hall–Kier alpha value is -1.36. The number of aliphatic carboxylic acids is 1. The number of nitrogens with zero attached hydrogens (tertiary/aromatic N) is 1. The third-order valence-corrected chi connectivity index (χ3v) is 3.75. The van der Waals surface area contributed by atoms with Gasteiger partial charge < -0.3 is 5.11 Å². The van der Waals surface area contributed by atoms with Gasteiger partial charge in [-0.25, -0.2) is 4.39 Å². The molecule has 0 aliphatic heterocycles. The van der Waals surface area contributed by atoms with Gasteiger partial charge in [0.2, 0.25) is 0 Å². The van der Waals surface area contributed by atoms with Crippen molar-refractivity contribution >= 4 is 40.8 Å². The Labute approximate surface area is 128 Å². The molecule has 7 heteroatoms. The smallest absolute Gasteiger partial charge is 0.307 e. The lowest BCUT2D eigenvalue weighted by Crippen LogP contribution is -2.03. The van der Waals surface area contributed by atoms with Gasteiger partial charge in [0, 0.05) is 11.1 Å². The lowest BCUT2D eigenvalue weighted by molar-refractivity contribution is -0.136. The Morgan fingerprint density at radius 3 is 2.35 bits per heavy atom. The highest BCUT2D eigenvalue weighted by Gasteiger charge is 2.12. The second-order valence-electron chi connectivity index (χ2n) is 3.99. The van der Waals surface area contributed by atoms with Crippen LogP contribution in [0.4, 0.5) is 4.39 Å². The summed E-state index contributed by atoms with van der Waals surface area (Å²) in [5, 5.41) is 9.42. The summed E-state index contributed by atoms with van der Waals surface area (Å²) in [7, 11) is 0. The van der Waals surface area contributed by atoms with Gasteiger partial charge in [-0.15, -0.1) is 0 Å². The minimum absolute atomic E-state index is 0.0321. The molecule has 20 heavy (non-hydrogen) atoms. The predicted molar refractivity (Wildman–Crippen MR) is 76.0 cm³/mol.